The minimum absolute atomic E-state index is 0.0392. The Balaban J connectivity index is 1.26. The summed E-state index contributed by atoms with van der Waals surface area (Å²) in [6.07, 6.45) is 16.7. The minimum Gasteiger partial charge on any atom is -0.386 e. The van der Waals surface area contributed by atoms with Gasteiger partial charge < -0.3 is 10.2 Å². The summed E-state index contributed by atoms with van der Waals surface area (Å²) in [4.78, 5) is 29.5. The number of halogens is 1. The third kappa shape index (κ3) is 7.14. The summed E-state index contributed by atoms with van der Waals surface area (Å²) in [7, 11) is -1.63. The summed E-state index contributed by atoms with van der Waals surface area (Å²) in [6, 6.07) is 5.78. The van der Waals surface area contributed by atoms with Crippen LogP contribution in [-0.4, -0.2) is 50.9 Å². The highest BCUT2D eigenvalue weighted by molar-refractivity contribution is 8.00. The number of ketones is 1. The van der Waals surface area contributed by atoms with E-state index in [1.165, 1.54) is 25.5 Å². The molecule has 0 bridgehead atoms. The summed E-state index contributed by atoms with van der Waals surface area (Å²) < 4.78 is 25.0. The summed E-state index contributed by atoms with van der Waals surface area (Å²) in [6.45, 7) is 6.83. The Labute approximate surface area is 262 Å². The Bertz CT molecular complexity index is 1420. The standard InChI is InChI=1S/C35H47ClN2O4S/c1-22(18-26-19-30(26)34(39)23(2)37-3)33(24-10-6-5-7-11-24)35(40)38-17-9-14-28(38)13-8-12-25-20-32(43(4,41)42)31-21-27(36)15-16-29(25)31/h15-16,18,20-22,24-25,28,30,33,37H,2,5-14,17,19H2,1,3-4H3/b26-18-/t22?,25?,28-,30?,33?/m1/s1. The molecule has 43 heavy (non-hydrogen) atoms. The third-order valence-corrected chi connectivity index (χ3v) is 11.7. The molecule has 0 spiro atoms. The molecule has 3 aliphatic carbocycles. The lowest BCUT2D eigenvalue weighted by Crippen LogP contribution is -2.44. The van der Waals surface area contributed by atoms with Gasteiger partial charge in [0.1, 0.15) is 0 Å². The van der Waals surface area contributed by atoms with Gasteiger partial charge in [-0.05, 0) is 80.0 Å². The number of hydrogen-bond donors (Lipinski definition) is 1. The molecule has 1 aromatic rings. The van der Waals surface area contributed by atoms with Gasteiger partial charge in [0.25, 0.3) is 0 Å². The maximum Gasteiger partial charge on any atom is 0.226 e. The van der Waals surface area contributed by atoms with Crippen molar-refractivity contribution in [2.75, 3.05) is 19.8 Å². The molecule has 5 atom stereocenters. The van der Waals surface area contributed by atoms with E-state index in [4.69, 9.17) is 11.6 Å². The smallest absolute Gasteiger partial charge is 0.226 e. The van der Waals surface area contributed by atoms with E-state index in [9.17, 15) is 18.0 Å². The van der Waals surface area contributed by atoms with Crippen LogP contribution in [-0.2, 0) is 19.4 Å². The van der Waals surface area contributed by atoms with Crippen molar-refractivity contribution < 1.29 is 18.0 Å². The number of carbonyl (C=O) groups excluding carboxylic acids is 2. The van der Waals surface area contributed by atoms with Gasteiger partial charge in [0.2, 0.25) is 5.91 Å². The number of allylic oxidation sites excluding steroid dienone is 4. The zero-order valence-electron chi connectivity index (χ0n) is 25.9. The van der Waals surface area contributed by atoms with Gasteiger partial charge in [-0.15, -0.1) is 0 Å². The van der Waals surface area contributed by atoms with Crippen LogP contribution in [0.25, 0.3) is 4.91 Å². The molecule has 0 radical (unpaired) electrons. The van der Waals surface area contributed by atoms with Gasteiger partial charge in [0, 0.05) is 48.7 Å². The third-order valence-electron chi connectivity index (χ3n) is 10.3. The first kappa shape index (κ1) is 32.0. The average molecular weight is 627 g/mol. The number of benzene rings is 1. The maximum absolute atomic E-state index is 14.4. The van der Waals surface area contributed by atoms with Gasteiger partial charge in [-0.1, -0.05) is 74.6 Å². The second-order valence-electron chi connectivity index (χ2n) is 13.3. The Hall–Kier alpha value is -2.38. The largest absolute Gasteiger partial charge is 0.386 e. The van der Waals surface area contributed by atoms with E-state index < -0.39 is 9.84 Å². The number of carbonyl (C=O) groups is 2. The molecule has 4 unspecified atom stereocenters. The molecule has 0 aromatic heterocycles. The van der Waals surface area contributed by atoms with Crippen LogP contribution in [0.1, 0.15) is 94.6 Å². The number of Topliss-reactive ketones (excluding diaryl/α,β-unsaturated/α-hetero) is 1. The number of nitrogens with one attached hydrogen (secondary N) is 1. The zero-order chi connectivity index (χ0) is 30.9. The van der Waals surface area contributed by atoms with Crippen LogP contribution >= 0.6 is 11.6 Å². The van der Waals surface area contributed by atoms with Crippen molar-refractivity contribution in [3.05, 3.63) is 64.3 Å². The number of amides is 1. The van der Waals surface area contributed by atoms with Crippen molar-refractivity contribution in [1.29, 1.82) is 0 Å². The first-order chi connectivity index (χ1) is 20.5. The molecule has 1 amide bonds. The summed E-state index contributed by atoms with van der Waals surface area (Å²) in [5.41, 5.74) is 3.36. The van der Waals surface area contributed by atoms with Gasteiger partial charge in [-0.3, -0.25) is 9.59 Å². The molecular weight excluding hydrogens is 580 g/mol. The van der Waals surface area contributed by atoms with Crippen LogP contribution < -0.4 is 5.32 Å². The fraction of sp³-hybridized carbons (Fsp3) is 0.600. The summed E-state index contributed by atoms with van der Waals surface area (Å²) in [5.74, 6) is 0.735. The zero-order valence-corrected chi connectivity index (χ0v) is 27.5. The summed E-state index contributed by atoms with van der Waals surface area (Å²) >= 11 is 6.21. The normalized spacial score (nSPS) is 26.1. The number of rotatable bonds is 12. The Kier molecular flexibility index (Phi) is 9.92. The Morgan fingerprint density at radius 2 is 1.88 bits per heavy atom. The van der Waals surface area contributed by atoms with Crippen LogP contribution in [0.2, 0.25) is 5.02 Å². The van der Waals surface area contributed by atoms with Gasteiger partial charge in [-0.2, -0.15) is 0 Å². The first-order valence-corrected chi connectivity index (χ1v) is 18.4. The van der Waals surface area contributed by atoms with Gasteiger partial charge in [0.15, 0.2) is 15.6 Å². The highest BCUT2D eigenvalue weighted by Gasteiger charge is 2.42. The van der Waals surface area contributed by atoms with Crippen LogP contribution in [0.5, 0.6) is 0 Å². The molecule has 6 nitrogen and oxygen atoms in total. The quantitative estimate of drug-likeness (QED) is 0.198. The number of fused-ring (bicyclic) bond motifs is 1. The van der Waals surface area contributed by atoms with E-state index in [0.29, 0.717) is 27.4 Å². The van der Waals surface area contributed by atoms with Gasteiger partial charge >= 0.3 is 0 Å². The molecule has 1 saturated heterocycles. The van der Waals surface area contributed by atoms with Gasteiger partial charge in [0.05, 0.1) is 10.6 Å². The fourth-order valence-corrected chi connectivity index (χ4v) is 9.09. The molecular formula is C35H47ClN2O4S. The molecule has 3 fully saturated rings. The Morgan fingerprint density at radius 3 is 2.58 bits per heavy atom. The molecule has 1 N–H and O–H groups in total. The minimum atomic E-state index is -3.35. The van der Waals surface area contributed by atoms with E-state index in [-0.39, 0.29) is 35.5 Å². The second-order valence-corrected chi connectivity index (χ2v) is 15.7. The number of likely N-dealkylation sites (tertiary alicyclic amines) is 1. The highest BCUT2D eigenvalue weighted by Crippen LogP contribution is 2.45. The van der Waals surface area contributed by atoms with E-state index in [0.717, 1.165) is 74.6 Å². The van der Waals surface area contributed by atoms with Crippen molar-refractivity contribution in [1.82, 2.24) is 10.2 Å². The number of likely N-dealkylation sites (N-methyl/N-ethyl adjacent to an activating group) is 1. The molecule has 5 rings (SSSR count). The molecule has 1 aliphatic heterocycles. The number of hydrogen-bond acceptors (Lipinski definition) is 5. The van der Waals surface area contributed by atoms with Crippen molar-refractivity contribution >= 4 is 38.0 Å². The van der Waals surface area contributed by atoms with Crippen molar-refractivity contribution in [3.8, 4) is 0 Å². The van der Waals surface area contributed by atoms with Crippen molar-refractivity contribution in [2.24, 2.45) is 23.7 Å². The number of sulfone groups is 1. The van der Waals surface area contributed by atoms with Crippen LogP contribution in [0.15, 0.2) is 48.2 Å². The topological polar surface area (TPSA) is 83.6 Å². The fourth-order valence-electron chi connectivity index (χ4n) is 7.93. The lowest BCUT2D eigenvalue weighted by atomic mass is 9.73. The number of nitrogens with zero attached hydrogens (tertiary/aromatic N) is 1. The van der Waals surface area contributed by atoms with Crippen LogP contribution in [0.3, 0.4) is 0 Å². The molecule has 8 heteroatoms. The lowest BCUT2D eigenvalue weighted by Gasteiger charge is -2.37. The molecule has 234 valence electrons. The second kappa shape index (κ2) is 13.3. The summed E-state index contributed by atoms with van der Waals surface area (Å²) in [5, 5.41) is 3.42. The van der Waals surface area contributed by atoms with Crippen LogP contribution in [0, 0.1) is 23.7 Å². The van der Waals surface area contributed by atoms with E-state index in [1.807, 2.05) is 18.2 Å². The molecule has 2 saturated carbocycles. The van der Waals surface area contributed by atoms with E-state index in [2.05, 4.69) is 29.8 Å². The first-order valence-electron chi connectivity index (χ1n) is 16.1. The SMILES string of the molecule is C=C(NC)C(=O)C1C/C1=C/C(C)C(C(=O)N1CCC[C@H]1CCCC1C=C(S(C)(=O)=O)c2cc(Cl)ccc21)C1CCCCC1. The van der Waals surface area contributed by atoms with Crippen molar-refractivity contribution in [2.45, 2.75) is 89.5 Å². The lowest BCUT2D eigenvalue weighted by molar-refractivity contribution is -0.140. The van der Waals surface area contributed by atoms with Crippen LogP contribution in [0.4, 0.5) is 0 Å². The van der Waals surface area contributed by atoms with E-state index in [1.54, 1.807) is 13.1 Å². The molecule has 4 aliphatic rings. The van der Waals surface area contributed by atoms with E-state index >= 15 is 0 Å². The van der Waals surface area contributed by atoms with Gasteiger partial charge in [-0.25, -0.2) is 8.42 Å². The predicted octanol–water partition coefficient (Wildman–Crippen LogP) is 7.07. The monoisotopic (exact) mass is 626 g/mol. The average Bonchev–Trinajstić information content (AvgIpc) is 3.40. The van der Waals surface area contributed by atoms with Crippen molar-refractivity contribution in [3.63, 3.8) is 0 Å². The molecule has 1 aromatic carbocycles. The molecule has 1 heterocycles. The Morgan fingerprint density at radius 1 is 1.14 bits per heavy atom. The maximum atomic E-state index is 14.4. The predicted molar refractivity (Wildman–Crippen MR) is 174 cm³/mol. The highest BCUT2D eigenvalue weighted by atomic mass is 35.5.